The number of methoxy groups -OCH3 is 1. The van der Waals surface area contributed by atoms with Crippen LogP contribution in [0.15, 0.2) is 24.4 Å². The number of nitrogens with zero attached hydrogens (tertiary/aromatic N) is 2. The van der Waals surface area contributed by atoms with Crippen LogP contribution in [0.25, 0.3) is 0 Å². The third-order valence-electron chi connectivity index (χ3n) is 4.14. The Morgan fingerprint density at radius 3 is 2.82 bits per heavy atom. The van der Waals surface area contributed by atoms with Gasteiger partial charge >= 0.3 is 5.97 Å². The predicted octanol–water partition coefficient (Wildman–Crippen LogP) is 3.52. The standard InChI is InChI=1S/C16H16Cl2N2O2/c1-22-16(21)10-5-6-15-11(7-10)8-19-20(15)9-12-13(17)3-2-4-14(12)18/h2-4,8,10H,5-7,9H2,1H3. The van der Waals surface area contributed by atoms with Gasteiger partial charge in [0, 0.05) is 21.3 Å². The van der Waals surface area contributed by atoms with Crippen LogP contribution in [0.4, 0.5) is 0 Å². The number of halogens is 2. The van der Waals surface area contributed by atoms with Crippen LogP contribution in [0.1, 0.15) is 23.2 Å². The largest absolute Gasteiger partial charge is 0.469 e. The summed E-state index contributed by atoms with van der Waals surface area (Å²) < 4.78 is 6.76. The molecule has 3 rings (SSSR count). The molecule has 1 atom stereocenters. The second kappa shape index (κ2) is 6.31. The first-order valence-electron chi connectivity index (χ1n) is 7.14. The molecule has 22 heavy (non-hydrogen) atoms. The molecule has 0 bridgehead atoms. The molecular weight excluding hydrogens is 323 g/mol. The third-order valence-corrected chi connectivity index (χ3v) is 4.84. The van der Waals surface area contributed by atoms with Gasteiger partial charge in [0.05, 0.1) is 25.8 Å². The summed E-state index contributed by atoms with van der Waals surface area (Å²) in [6.07, 6.45) is 4.09. The van der Waals surface area contributed by atoms with Crippen LogP contribution in [-0.2, 0) is 28.9 Å². The number of ether oxygens (including phenoxy) is 1. The van der Waals surface area contributed by atoms with Gasteiger partial charge in [0.15, 0.2) is 0 Å². The van der Waals surface area contributed by atoms with Crippen LogP contribution in [-0.4, -0.2) is 22.9 Å². The highest BCUT2D eigenvalue weighted by Gasteiger charge is 2.28. The van der Waals surface area contributed by atoms with Crippen molar-refractivity contribution in [2.24, 2.45) is 5.92 Å². The lowest BCUT2D eigenvalue weighted by atomic mass is 9.88. The summed E-state index contributed by atoms with van der Waals surface area (Å²) in [5.74, 6) is -0.216. The Morgan fingerprint density at radius 2 is 2.14 bits per heavy atom. The second-order valence-corrected chi connectivity index (χ2v) is 6.25. The van der Waals surface area contributed by atoms with Crippen LogP contribution >= 0.6 is 23.2 Å². The van der Waals surface area contributed by atoms with Crippen molar-refractivity contribution in [1.82, 2.24) is 9.78 Å². The number of hydrogen-bond donors (Lipinski definition) is 0. The SMILES string of the molecule is COC(=O)C1CCc2c(cnn2Cc2c(Cl)cccc2Cl)C1. The summed E-state index contributed by atoms with van der Waals surface area (Å²) in [5.41, 5.74) is 3.12. The van der Waals surface area contributed by atoms with Gasteiger partial charge in [0.25, 0.3) is 0 Å². The van der Waals surface area contributed by atoms with Crippen molar-refractivity contribution in [3.05, 3.63) is 51.3 Å². The van der Waals surface area contributed by atoms with Crippen molar-refractivity contribution in [2.75, 3.05) is 7.11 Å². The monoisotopic (exact) mass is 338 g/mol. The zero-order valence-corrected chi connectivity index (χ0v) is 13.7. The highest BCUT2D eigenvalue weighted by Crippen LogP contribution is 2.29. The van der Waals surface area contributed by atoms with Crippen molar-refractivity contribution in [3.63, 3.8) is 0 Å². The summed E-state index contributed by atoms with van der Waals surface area (Å²) in [5, 5.41) is 5.72. The molecule has 0 radical (unpaired) electrons. The number of hydrogen-bond acceptors (Lipinski definition) is 3. The molecule has 1 aliphatic carbocycles. The molecule has 0 spiro atoms. The summed E-state index contributed by atoms with van der Waals surface area (Å²) in [6.45, 7) is 0.538. The molecule has 1 heterocycles. The Balaban J connectivity index is 1.84. The number of benzene rings is 1. The number of carbonyl (C=O) groups is 1. The summed E-state index contributed by atoms with van der Waals surface area (Å²) in [6, 6.07) is 5.48. The van der Waals surface area contributed by atoms with Gasteiger partial charge in [-0.15, -0.1) is 0 Å². The van der Waals surface area contributed by atoms with Crippen LogP contribution < -0.4 is 0 Å². The van der Waals surface area contributed by atoms with E-state index in [9.17, 15) is 4.79 Å². The van der Waals surface area contributed by atoms with E-state index in [1.807, 2.05) is 29.1 Å². The zero-order chi connectivity index (χ0) is 15.7. The van der Waals surface area contributed by atoms with E-state index in [0.29, 0.717) is 23.0 Å². The van der Waals surface area contributed by atoms with E-state index in [2.05, 4.69) is 5.10 Å². The predicted molar refractivity (Wildman–Crippen MR) is 85.3 cm³/mol. The maximum absolute atomic E-state index is 11.7. The fourth-order valence-corrected chi connectivity index (χ4v) is 3.44. The molecular formula is C16H16Cl2N2O2. The normalized spacial score (nSPS) is 17.1. The van der Waals surface area contributed by atoms with E-state index < -0.39 is 0 Å². The molecule has 0 aliphatic heterocycles. The van der Waals surface area contributed by atoms with E-state index in [4.69, 9.17) is 27.9 Å². The van der Waals surface area contributed by atoms with Gasteiger partial charge in [-0.2, -0.15) is 5.10 Å². The first kappa shape index (κ1) is 15.4. The Bertz CT molecular complexity index is 692. The highest BCUT2D eigenvalue weighted by molar-refractivity contribution is 6.35. The maximum Gasteiger partial charge on any atom is 0.309 e. The Morgan fingerprint density at radius 1 is 1.41 bits per heavy atom. The number of carbonyl (C=O) groups excluding carboxylic acids is 1. The quantitative estimate of drug-likeness (QED) is 0.804. The van der Waals surface area contributed by atoms with E-state index in [1.54, 1.807) is 0 Å². The van der Waals surface area contributed by atoms with Crippen LogP contribution in [0.5, 0.6) is 0 Å². The van der Waals surface area contributed by atoms with E-state index in [1.165, 1.54) is 7.11 Å². The van der Waals surface area contributed by atoms with Crippen molar-refractivity contribution in [3.8, 4) is 0 Å². The molecule has 0 N–H and O–H groups in total. The topological polar surface area (TPSA) is 44.1 Å². The van der Waals surface area contributed by atoms with Gasteiger partial charge in [-0.3, -0.25) is 9.48 Å². The number of rotatable bonds is 3. The van der Waals surface area contributed by atoms with Crippen molar-refractivity contribution >= 4 is 29.2 Å². The van der Waals surface area contributed by atoms with Gasteiger partial charge in [0.1, 0.15) is 0 Å². The fourth-order valence-electron chi connectivity index (χ4n) is 2.93. The molecule has 1 aromatic heterocycles. The van der Waals surface area contributed by atoms with Gasteiger partial charge < -0.3 is 4.74 Å². The van der Waals surface area contributed by atoms with Crippen LogP contribution in [0, 0.1) is 5.92 Å². The third kappa shape index (κ3) is 2.85. The average Bonchev–Trinajstić information content (AvgIpc) is 2.92. The molecule has 2 aromatic rings. The van der Waals surface area contributed by atoms with Crippen molar-refractivity contribution < 1.29 is 9.53 Å². The minimum atomic E-state index is -0.146. The minimum Gasteiger partial charge on any atom is -0.469 e. The van der Waals surface area contributed by atoms with E-state index in [0.717, 1.165) is 29.7 Å². The maximum atomic E-state index is 11.7. The van der Waals surface area contributed by atoms with E-state index in [-0.39, 0.29) is 11.9 Å². The lowest BCUT2D eigenvalue weighted by Gasteiger charge is -2.21. The van der Waals surface area contributed by atoms with Crippen molar-refractivity contribution in [2.45, 2.75) is 25.8 Å². The average molecular weight is 339 g/mol. The molecule has 0 saturated carbocycles. The zero-order valence-electron chi connectivity index (χ0n) is 12.2. The van der Waals surface area contributed by atoms with Gasteiger partial charge in [-0.05, 0) is 37.0 Å². The molecule has 4 nitrogen and oxygen atoms in total. The highest BCUT2D eigenvalue weighted by atomic mass is 35.5. The molecule has 6 heteroatoms. The van der Waals surface area contributed by atoms with Gasteiger partial charge in [0.2, 0.25) is 0 Å². The lowest BCUT2D eigenvalue weighted by molar-refractivity contribution is -0.145. The first-order chi connectivity index (χ1) is 10.6. The number of aromatic nitrogens is 2. The molecule has 116 valence electrons. The van der Waals surface area contributed by atoms with Crippen LogP contribution in [0.3, 0.4) is 0 Å². The molecule has 0 fully saturated rings. The summed E-state index contributed by atoms with van der Waals surface area (Å²) >= 11 is 12.5. The Labute approximate surface area is 139 Å². The molecule has 1 unspecified atom stereocenters. The van der Waals surface area contributed by atoms with Crippen molar-refractivity contribution in [1.29, 1.82) is 0 Å². The molecule has 1 aliphatic rings. The molecule has 1 aromatic carbocycles. The second-order valence-electron chi connectivity index (χ2n) is 5.44. The first-order valence-corrected chi connectivity index (χ1v) is 7.90. The Kier molecular flexibility index (Phi) is 4.41. The van der Waals surface area contributed by atoms with Crippen LogP contribution in [0.2, 0.25) is 10.0 Å². The fraction of sp³-hybridized carbons (Fsp3) is 0.375. The van der Waals surface area contributed by atoms with E-state index >= 15 is 0 Å². The van der Waals surface area contributed by atoms with Gasteiger partial charge in [-0.1, -0.05) is 29.3 Å². The smallest absolute Gasteiger partial charge is 0.309 e. The Hall–Kier alpha value is -1.52. The number of fused-ring (bicyclic) bond motifs is 1. The molecule has 0 saturated heterocycles. The lowest BCUT2D eigenvalue weighted by Crippen LogP contribution is -2.24. The number of esters is 1. The summed E-state index contributed by atoms with van der Waals surface area (Å²) in [7, 11) is 1.43. The molecule has 0 amide bonds. The summed E-state index contributed by atoms with van der Waals surface area (Å²) in [4.78, 5) is 11.7. The minimum absolute atomic E-state index is 0.0703. The van der Waals surface area contributed by atoms with Gasteiger partial charge in [-0.25, -0.2) is 0 Å².